The number of nitrogens with zero attached hydrogens (tertiary/aromatic N) is 1. The van der Waals surface area contributed by atoms with Crippen LogP contribution in [0.2, 0.25) is 0 Å². The number of methoxy groups -OCH3 is 2. The number of carbonyl (C=O) groups is 1. The number of furan rings is 1. The molecular formula is C16H20N2O5. The fourth-order valence-electron chi connectivity index (χ4n) is 3.22. The molecule has 0 atom stereocenters. The van der Waals surface area contributed by atoms with Gasteiger partial charge in [-0.3, -0.25) is 0 Å². The van der Waals surface area contributed by atoms with E-state index in [2.05, 4.69) is 10.3 Å². The molecule has 0 bridgehead atoms. The van der Waals surface area contributed by atoms with Gasteiger partial charge in [-0.1, -0.05) is 0 Å². The quantitative estimate of drug-likeness (QED) is 0.867. The average Bonchev–Trinajstić information content (AvgIpc) is 3.00. The Morgan fingerprint density at radius 3 is 2.78 bits per heavy atom. The van der Waals surface area contributed by atoms with E-state index in [0.29, 0.717) is 17.6 Å². The van der Waals surface area contributed by atoms with Gasteiger partial charge in [0.05, 0.1) is 24.7 Å². The molecule has 0 radical (unpaired) electrons. The van der Waals surface area contributed by atoms with E-state index >= 15 is 0 Å². The molecule has 7 nitrogen and oxygen atoms in total. The summed E-state index contributed by atoms with van der Waals surface area (Å²) < 4.78 is 16.7. The number of hydrogen-bond donors (Lipinski definition) is 2. The minimum Gasteiger partial charge on any atom is -0.478 e. The van der Waals surface area contributed by atoms with Crippen molar-refractivity contribution in [2.24, 2.45) is 0 Å². The van der Waals surface area contributed by atoms with E-state index in [1.165, 1.54) is 13.3 Å². The van der Waals surface area contributed by atoms with Gasteiger partial charge in [-0.15, -0.1) is 0 Å². The lowest BCUT2D eigenvalue weighted by Crippen LogP contribution is -2.42. The van der Waals surface area contributed by atoms with Crippen LogP contribution in [0.5, 0.6) is 5.88 Å². The van der Waals surface area contributed by atoms with Gasteiger partial charge < -0.3 is 24.3 Å². The first-order valence-corrected chi connectivity index (χ1v) is 7.51. The second-order valence-electron chi connectivity index (χ2n) is 5.80. The van der Waals surface area contributed by atoms with Crippen LogP contribution in [-0.4, -0.2) is 50.0 Å². The van der Waals surface area contributed by atoms with Crippen molar-refractivity contribution >= 4 is 16.9 Å². The Morgan fingerprint density at radius 2 is 2.17 bits per heavy atom. The van der Waals surface area contributed by atoms with Crippen LogP contribution in [0.4, 0.5) is 0 Å². The zero-order chi connectivity index (χ0) is 16.4. The van der Waals surface area contributed by atoms with Crippen molar-refractivity contribution in [1.82, 2.24) is 10.3 Å². The maximum atomic E-state index is 11.4. The summed E-state index contributed by atoms with van der Waals surface area (Å²) in [6.07, 6.45) is 3.02. The summed E-state index contributed by atoms with van der Waals surface area (Å²) in [5.74, 6) is -0.0222. The summed E-state index contributed by atoms with van der Waals surface area (Å²) in [5.41, 5.74) is 0.216. The van der Waals surface area contributed by atoms with E-state index < -0.39 is 5.97 Å². The Morgan fingerprint density at radius 1 is 1.43 bits per heavy atom. The zero-order valence-electron chi connectivity index (χ0n) is 13.2. The maximum absolute atomic E-state index is 11.4. The number of hydrogen-bond acceptors (Lipinski definition) is 6. The molecule has 1 aliphatic rings. The van der Waals surface area contributed by atoms with Crippen LogP contribution in [-0.2, 0) is 10.2 Å². The number of carboxylic acid groups (broad SMARTS) is 1. The number of aromatic carboxylic acids is 1. The van der Waals surface area contributed by atoms with Crippen molar-refractivity contribution in [3.8, 4) is 5.88 Å². The van der Waals surface area contributed by atoms with Crippen molar-refractivity contribution in [1.29, 1.82) is 0 Å². The number of carboxylic acids is 1. The third-order valence-electron chi connectivity index (χ3n) is 4.46. The number of ether oxygens (including phenoxy) is 2. The highest BCUT2D eigenvalue weighted by atomic mass is 16.5. The van der Waals surface area contributed by atoms with Crippen molar-refractivity contribution in [2.45, 2.75) is 18.3 Å². The van der Waals surface area contributed by atoms with Crippen molar-refractivity contribution in [3.05, 3.63) is 23.6 Å². The highest BCUT2D eigenvalue weighted by Crippen LogP contribution is 2.39. The Hall–Kier alpha value is -2.12. The molecule has 124 valence electrons. The van der Waals surface area contributed by atoms with Crippen LogP contribution < -0.4 is 10.1 Å². The number of aromatic nitrogens is 1. The van der Waals surface area contributed by atoms with Gasteiger partial charge in [-0.05, 0) is 32.0 Å². The molecule has 2 N–H and O–H groups in total. The van der Waals surface area contributed by atoms with E-state index in [0.717, 1.165) is 31.7 Å². The number of pyridine rings is 1. The van der Waals surface area contributed by atoms with Gasteiger partial charge in [-0.25, -0.2) is 9.78 Å². The standard InChI is InChI=1S/C16H20N2O5/c1-21-9-16(3-5-17-6-4-16)12-7-10-11(15(19)20)8-18-14(22-2)13(10)23-12/h7-8,17H,3-6,9H2,1-2H3,(H,19,20). The van der Waals surface area contributed by atoms with Crippen LogP contribution in [0.15, 0.2) is 16.7 Å². The predicted molar refractivity (Wildman–Crippen MR) is 83.2 cm³/mol. The molecular weight excluding hydrogens is 300 g/mol. The monoisotopic (exact) mass is 320 g/mol. The van der Waals surface area contributed by atoms with Crippen molar-refractivity contribution < 1.29 is 23.8 Å². The topological polar surface area (TPSA) is 93.8 Å². The van der Waals surface area contributed by atoms with Gasteiger partial charge in [0.2, 0.25) is 0 Å². The minimum absolute atomic E-state index is 0.109. The molecule has 0 aromatic carbocycles. The first-order chi connectivity index (χ1) is 11.1. The van der Waals surface area contributed by atoms with Crippen LogP contribution in [0, 0.1) is 0 Å². The molecule has 2 aromatic rings. The van der Waals surface area contributed by atoms with Crippen LogP contribution in [0.3, 0.4) is 0 Å². The predicted octanol–water partition coefficient (Wildman–Crippen LogP) is 1.80. The van der Waals surface area contributed by atoms with Gasteiger partial charge in [0.25, 0.3) is 5.88 Å². The molecule has 0 unspecified atom stereocenters. The summed E-state index contributed by atoms with van der Waals surface area (Å²) >= 11 is 0. The lowest BCUT2D eigenvalue weighted by molar-refractivity contribution is 0.0698. The normalized spacial score (nSPS) is 17.3. The van der Waals surface area contributed by atoms with E-state index in [-0.39, 0.29) is 16.9 Å². The number of piperidine rings is 1. The number of rotatable bonds is 5. The Balaban J connectivity index is 2.17. The summed E-state index contributed by atoms with van der Waals surface area (Å²) in [6.45, 7) is 2.25. The molecule has 23 heavy (non-hydrogen) atoms. The van der Waals surface area contributed by atoms with E-state index in [4.69, 9.17) is 13.9 Å². The summed E-state index contributed by atoms with van der Waals surface area (Å²) in [4.78, 5) is 15.5. The van der Waals surface area contributed by atoms with Crippen LogP contribution in [0.1, 0.15) is 29.0 Å². The van der Waals surface area contributed by atoms with Gasteiger partial charge in [0.1, 0.15) is 5.76 Å². The highest BCUT2D eigenvalue weighted by molar-refractivity contribution is 6.03. The fourth-order valence-corrected chi connectivity index (χ4v) is 3.22. The minimum atomic E-state index is -1.04. The summed E-state index contributed by atoms with van der Waals surface area (Å²) in [7, 11) is 3.15. The smallest absolute Gasteiger partial charge is 0.338 e. The highest BCUT2D eigenvalue weighted by Gasteiger charge is 2.38. The molecule has 1 fully saturated rings. The fraction of sp³-hybridized carbons (Fsp3) is 0.500. The molecule has 0 aliphatic carbocycles. The largest absolute Gasteiger partial charge is 0.478 e. The third-order valence-corrected chi connectivity index (χ3v) is 4.46. The average molecular weight is 320 g/mol. The van der Waals surface area contributed by atoms with Gasteiger partial charge >= 0.3 is 5.97 Å². The molecule has 3 rings (SSSR count). The first-order valence-electron chi connectivity index (χ1n) is 7.51. The van der Waals surface area contributed by atoms with E-state index in [9.17, 15) is 9.90 Å². The third kappa shape index (κ3) is 2.66. The lowest BCUT2D eigenvalue weighted by atomic mass is 9.77. The second kappa shape index (κ2) is 6.17. The molecule has 0 saturated carbocycles. The van der Waals surface area contributed by atoms with Gasteiger partial charge in [0.15, 0.2) is 5.58 Å². The van der Waals surface area contributed by atoms with Crippen molar-refractivity contribution in [3.63, 3.8) is 0 Å². The summed E-state index contributed by atoms with van der Waals surface area (Å²) in [5, 5.41) is 13.2. The second-order valence-corrected chi connectivity index (χ2v) is 5.80. The molecule has 0 spiro atoms. The summed E-state index contributed by atoms with van der Waals surface area (Å²) in [6, 6.07) is 1.80. The molecule has 2 aromatic heterocycles. The molecule has 0 amide bonds. The maximum Gasteiger partial charge on any atom is 0.338 e. The Labute approximate surface area is 133 Å². The van der Waals surface area contributed by atoms with Crippen LogP contribution >= 0.6 is 0 Å². The first kappa shape index (κ1) is 15.8. The van der Waals surface area contributed by atoms with Gasteiger partial charge in [0, 0.05) is 18.7 Å². The van der Waals surface area contributed by atoms with Crippen molar-refractivity contribution in [2.75, 3.05) is 33.9 Å². The number of fused-ring (bicyclic) bond motifs is 1. The molecule has 7 heteroatoms. The van der Waals surface area contributed by atoms with E-state index in [1.54, 1.807) is 13.2 Å². The number of nitrogens with one attached hydrogen (secondary N) is 1. The lowest BCUT2D eigenvalue weighted by Gasteiger charge is -2.35. The Kier molecular flexibility index (Phi) is 4.23. The molecule has 3 heterocycles. The van der Waals surface area contributed by atoms with Crippen LogP contribution in [0.25, 0.3) is 11.0 Å². The van der Waals surface area contributed by atoms with Gasteiger partial charge in [-0.2, -0.15) is 0 Å². The SMILES string of the molecule is COCC1(c2cc3c(C(=O)O)cnc(OC)c3o2)CCNCC1. The zero-order valence-corrected chi connectivity index (χ0v) is 13.2. The van der Waals surface area contributed by atoms with E-state index in [1.807, 2.05) is 0 Å². The molecule has 1 aliphatic heterocycles. The molecule has 1 saturated heterocycles. The Bertz CT molecular complexity index is 713.